The maximum Gasteiger partial charge on any atom is 0.120 e. The van der Waals surface area contributed by atoms with Gasteiger partial charge in [-0.05, 0) is 25.0 Å². The third kappa shape index (κ3) is 3.41. The van der Waals surface area contributed by atoms with E-state index >= 15 is 0 Å². The second kappa shape index (κ2) is 6.90. The summed E-state index contributed by atoms with van der Waals surface area (Å²) in [4.78, 5) is 0.393. The highest BCUT2D eigenvalue weighted by Crippen LogP contribution is 2.26. The van der Waals surface area contributed by atoms with E-state index in [1.807, 2.05) is 18.2 Å². The van der Waals surface area contributed by atoms with Crippen molar-refractivity contribution in [1.29, 1.82) is 0 Å². The second-order valence-corrected chi connectivity index (χ2v) is 5.46. The lowest BCUT2D eigenvalue weighted by Gasteiger charge is -2.19. The highest BCUT2D eigenvalue weighted by molar-refractivity contribution is 7.80. The van der Waals surface area contributed by atoms with Crippen LogP contribution in [-0.2, 0) is 4.74 Å². The van der Waals surface area contributed by atoms with Gasteiger partial charge in [-0.2, -0.15) is 0 Å². The van der Waals surface area contributed by atoms with Crippen LogP contribution in [0.5, 0.6) is 5.75 Å². The molecule has 1 aliphatic heterocycles. The molecule has 2 atom stereocenters. The van der Waals surface area contributed by atoms with Crippen molar-refractivity contribution in [3.05, 3.63) is 23.8 Å². The van der Waals surface area contributed by atoms with Crippen molar-refractivity contribution >= 4 is 22.9 Å². The van der Waals surface area contributed by atoms with Crippen molar-refractivity contribution in [2.75, 3.05) is 25.6 Å². The smallest absolute Gasteiger partial charge is 0.120 e. The lowest BCUT2D eigenvalue weighted by atomic mass is 9.99. The first-order valence-corrected chi connectivity index (χ1v) is 7.39. The fourth-order valence-corrected chi connectivity index (χ4v) is 2.81. The molecule has 1 aromatic rings. The van der Waals surface area contributed by atoms with Crippen molar-refractivity contribution < 1.29 is 9.47 Å². The number of methoxy groups -OCH3 is 1. The molecule has 110 valence electrons. The van der Waals surface area contributed by atoms with E-state index in [-0.39, 0.29) is 0 Å². The highest BCUT2D eigenvalue weighted by Gasteiger charge is 2.26. The summed E-state index contributed by atoms with van der Waals surface area (Å²) in [6, 6.07) is 5.70. The second-order valence-electron chi connectivity index (χ2n) is 5.02. The van der Waals surface area contributed by atoms with Crippen LogP contribution in [0, 0.1) is 5.92 Å². The minimum Gasteiger partial charge on any atom is -0.497 e. The number of nitrogens with two attached hydrogens (primary N) is 1. The van der Waals surface area contributed by atoms with Gasteiger partial charge in [-0.1, -0.05) is 19.1 Å². The average molecular weight is 294 g/mol. The van der Waals surface area contributed by atoms with Gasteiger partial charge in [0.05, 0.1) is 13.2 Å². The third-order valence-electron chi connectivity index (χ3n) is 3.80. The van der Waals surface area contributed by atoms with Crippen LogP contribution in [0.2, 0.25) is 0 Å². The quantitative estimate of drug-likeness (QED) is 0.790. The van der Waals surface area contributed by atoms with Crippen molar-refractivity contribution in [3.8, 4) is 5.75 Å². The SMILES string of the molecule is CCC1OCCC1CNc1cc(OC)ccc1C(N)=S. The number of nitrogens with one attached hydrogen (secondary N) is 1. The van der Waals surface area contributed by atoms with Gasteiger partial charge in [0.1, 0.15) is 10.7 Å². The predicted molar refractivity (Wildman–Crippen MR) is 85.5 cm³/mol. The minimum absolute atomic E-state index is 0.349. The summed E-state index contributed by atoms with van der Waals surface area (Å²) >= 11 is 5.10. The first-order chi connectivity index (χ1) is 9.65. The van der Waals surface area contributed by atoms with Crippen molar-refractivity contribution in [1.82, 2.24) is 0 Å². The van der Waals surface area contributed by atoms with Crippen LogP contribution < -0.4 is 15.8 Å². The van der Waals surface area contributed by atoms with E-state index in [2.05, 4.69) is 12.2 Å². The lowest BCUT2D eigenvalue weighted by Crippen LogP contribution is -2.24. The van der Waals surface area contributed by atoms with Crippen LogP contribution in [-0.4, -0.2) is 31.4 Å². The maximum atomic E-state index is 5.77. The summed E-state index contributed by atoms with van der Waals surface area (Å²) in [7, 11) is 1.65. The fourth-order valence-electron chi connectivity index (χ4n) is 2.63. The van der Waals surface area contributed by atoms with Crippen LogP contribution in [0.3, 0.4) is 0 Å². The molecule has 1 saturated heterocycles. The van der Waals surface area contributed by atoms with Gasteiger partial charge in [0.15, 0.2) is 0 Å². The summed E-state index contributed by atoms with van der Waals surface area (Å²) in [6.07, 6.45) is 2.49. The lowest BCUT2D eigenvalue weighted by molar-refractivity contribution is 0.0900. The van der Waals surface area contributed by atoms with Gasteiger partial charge in [0, 0.05) is 36.4 Å². The molecule has 0 saturated carbocycles. The van der Waals surface area contributed by atoms with E-state index in [1.54, 1.807) is 7.11 Å². The molecular formula is C15H22N2O2S. The van der Waals surface area contributed by atoms with Crippen LogP contribution in [0.15, 0.2) is 18.2 Å². The molecular weight excluding hydrogens is 272 g/mol. The van der Waals surface area contributed by atoms with Crippen molar-refractivity contribution in [2.45, 2.75) is 25.9 Å². The Morgan fingerprint density at radius 3 is 3.00 bits per heavy atom. The Bertz CT molecular complexity index is 479. The Labute approximate surface area is 125 Å². The van der Waals surface area contributed by atoms with Gasteiger partial charge < -0.3 is 20.5 Å². The van der Waals surface area contributed by atoms with E-state index in [4.69, 9.17) is 27.4 Å². The number of ether oxygens (including phenoxy) is 2. The van der Waals surface area contributed by atoms with Gasteiger partial charge >= 0.3 is 0 Å². The van der Waals surface area contributed by atoms with Gasteiger partial charge in [-0.25, -0.2) is 0 Å². The Balaban J connectivity index is 2.09. The zero-order valence-corrected chi connectivity index (χ0v) is 12.8. The Morgan fingerprint density at radius 2 is 2.35 bits per heavy atom. The number of benzene rings is 1. The maximum absolute atomic E-state index is 5.77. The van der Waals surface area contributed by atoms with Gasteiger partial charge in [0.2, 0.25) is 0 Å². The topological polar surface area (TPSA) is 56.5 Å². The van der Waals surface area contributed by atoms with Crippen LogP contribution in [0.1, 0.15) is 25.3 Å². The number of hydrogen-bond donors (Lipinski definition) is 2. The summed E-state index contributed by atoms with van der Waals surface area (Å²) < 4.78 is 11.0. The van der Waals surface area contributed by atoms with Gasteiger partial charge in [-0.3, -0.25) is 0 Å². The molecule has 1 heterocycles. The number of anilines is 1. The molecule has 0 aromatic heterocycles. The normalized spacial score (nSPS) is 21.7. The largest absolute Gasteiger partial charge is 0.497 e. The fraction of sp³-hybridized carbons (Fsp3) is 0.533. The first kappa shape index (κ1) is 15.1. The summed E-state index contributed by atoms with van der Waals surface area (Å²) in [6.45, 7) is 3.88. The zero-order chi connectivity index (χ0) is 14.5. The molecule has 4 nitrogen and oxygen atoms in total. The van der Waals surface area contributed by atoms with Crippen LogP contribution in [0.25, 0.3) is 0 Å². The molecule has 0 bridgehead atoms. The summed E-state index contributed by atoms with van der Waals surface area (Å²) in [5, 5.41) is 3.45. The minimum atomic E-state index is 0.349. The molecule has 5 heteroatoms. The van der Waals surface area contributed by atoms with Gasteiger partial charge in [0.25, 0.3) is 0 Å². The zero-order valence-electron chi connectivity index (χ0n) is 12.0. The predicted octanol–water partition coefficient (Wildman–Crippen LogP) is 2.56. The van der Waals surface area contributed by atoms with Crippen LogP contribution >= 0.6 is 12.2 Å². The molecule has 1 fully saturated rings. The monoisotopic (exact) mass is 294 g/mol. The summed E-state index contributed by atoms with van der Waals surface area (Å²) in [5.74, 6) is 1.33. The molecule has 0 aliphatic carbocycles. The van der Waals surface area contributed by atoms with E-state index < -0.39 is 0 Å². The first-order valence-electron chi connectivity index (χ1n) is 6.99. The summed E-state index contributed by atoms with van der Waals surface area (Å²) in [5.41, 5.74) is 7.55. The molecule has 1 aliphatic rings. The number of rotatable bonds is 6. The Kier molecular flexibility index (Phi) is 5.20. The van der Waals surface area contributed by atoms with E-state index in [0.717, 1.165) is 43.0 Å². The van der Waals surface area contributed by atoms with E-state index in [9.17, 15) is 0 Å². The molecule has 2 unspecified atom stereocenters. The highest BCUT2D eigenvalue weighted by atomic mass is 32.1. The average Bonchev–Trinajstić information content (AvgIpc) is 2.91. The molecule has 0 amide bonds. The van der Waals surface area contributed by atoms with E-state index in [0.29, 0.717) is 17.0 Å². The van der Waals surface area contributed by atoms with Crippen LogP contribution in [0.4, 0.5) is 5.69 Å². The molecule has 20 heavy (non-hydrogen) atoms. The molecule has 2 rings (SSSR count). The standard InChI is InChI=1S/C15H22N2O2S/c1-3-14-10(6-7-19-14)9-17-13-8-11(18-2)4-5-12(13)15(16)20/h4-5,8,10,14,17H,3,6-7,9H2,1-2H3,(H2,16,20). The van der Waals surface area contributed by atoms with Gasteiger partial charge in [-0.15, -0.1) is 0 Å². The number of thiocarbonyl (C=S) groups is 1. The van der Waals surface area contributed by atoms with Crippen molar-refractivity contribution in [3.63, 3.8) is 0 Å². The van der Waals surface area contributed by atoms with E-state index in [1.165, 1.54) is 0 Å². The number of hydrogen-bond acceptors (Lipinski definition) is 4. The Hall–Kier alpha value is -1.33. The molecule has 3 N–H and O–H groups in total. The Morgan fingerprint density at radius 1 is 1.55 bits per heavy atom. The van der Waals surface area contributed by atoms with Crippen molar-refractivity contribution in [2.24, 2.45) is 11.7 Å². The third-order valence-corrected chi connectivity index (χ3v) is 4.02. The molecule has 0 spiro atoms. The molecule has 0 radical (unpaired) electrons. The molecule has 1 aromatic carbocycles.